The maximum absolute atomic E-state index is 11.6. The first-order chi connectivity index (χ1) is 9.31. The summed E-state index contributed by atoms with van der Waals surface area (Å²) >= 11 is 0. The summed E-state index contributed by atoms with van der Waals surface area (Å²) in [6.07, 6.45) is 2.17. The van der Waals surface area contributed by atoms with Crippen molar-refractivity contribution in [3.05, 3.63) is 47.0 Å². The first-order valence-corrected chi connectivity index (χ1v) is 7.91. The van der Waals surface area contributed by atoms with Gasteiger partial charge >= 0.3 is 0 Å². The Morgan fingerprint density at radius 3 is 2.40 bits per heavy atom. The van der Waals surface area contributed by atoms with Crippen molar-refractivity contribution in [2.45, 2.75) is 32.1 Å². The van der Waals surface area contributed by atoms with Gasteiger partial charge in [0.1, 0.15) is 4.90 Å². The van der Waals surface area contributed by atoms with E-state index >= 15 is 0 Å². The fourth-order valence-electron chi connectivity index (χ4n) is 2.61. The molecule has 0 spiro atoms. The Kier molecular flexibility index (Phi) is 3.71. The van der Waals surface area contributed by atoms with E-state index in [4.69, 9.17) is 0 Å². The van der Waals surface area contributed by atoms with E-state index in [9.17, 15) is 13.0 Å². The minimum atomic E-state index is -4.27. The minimum Gasteiger partial charge on any atom is -0.282 e. The lowest BCUT2D eigenvalue weighted by molar-refractivity contribution is 0.483. The van der Waals surface area contributed by atoms with Crippen LogP contribution in [0.4, 0.5) is 0 Å². The summed E-state index contributed by atoms with van der Waals surface area (Å²) in [4.78, 5) is -0.0643. The van der Waals surface area contributed by atoms with Gasteiger partial charge in [0.25, 0.3) is 10.1 Å². The molecule has 0 radical (unpaired) electrons. The third-order valence-electron chi connectivity index (χ3n) is 3.81. The van der Waals surface area contributed by atoms with Gasteiger partial charge in [0.2, 0.25) is 0 Å². The molecule has 0 aliphatic rings. The van der Waals surface area contributed by atoms with E-state index < -0.39 is 10.1 Å². The number of aryl methyl sites for hydroxylation is 3. The third kappa shape index (κ3) is 2.25. The van der Waals surface area contributed by atoms with Crippen LogP contribution in [0.15, 0.2) is 29.7 Å². The Morgan fingerprint density at radius 2 is 1.90 bits per heavy atom. The molecule has 4 heteroatoms. The summed E-state index contributed by atoms with van der Waals surface area (Å²) in [5.74, 6) is 0. The second-order valence-electron chi connectivity index (χ2n) is 4.90. The van der Waals surface area contributed by atoms with Crippen molar-refractivity contribution in [2.75, 3.05) is 0 Å². The van der Waals surface area contributed by atoms with Crippen LogP contribution in [0.3, 0.4) is 0 Å². The first-order valence-electron chi connectivity index (χ1n) is 6.47. The van der Waals surface area contributed by atoms with Crippen LogP contribution in [-0.4, -0.2) is 13.0 Å². The molecule has 0 saturated carbocycles. The molecule has 0 fully saturated rings. The summed E-state index contributed by atoms with van der Waals surface area (Å²) in [5.41, 5.74) is 3.50. The zero-order valence-corrected chi connectivity index (χ0v) is 12.7. The lowest BCUT2D eigenvalue weighted by atomic mass is 9.93. The largest absolute Gasteiger partial charge is 0.295 e. The van der Waals surface area contributed by atoms with Gasteiger partial charge < -0.3 is 0 Å². The highest BCUT2D eigenvalue weighted by molar-refractivity contribution is 7.86. The summed E-state index contributed by atoms with van der Waals surface area (Å²) in [6.45, 7) is 9.59. The van der Waals surface area contributed by atoms with Crippen molar-refractivity contribution in [1.82, 2.24) is 0 Å². The molecule has 0 amide bonds. The average molecular weight is 290 g/mol. The van der Waals surface area contributed by atoms with Gasteiger partial charge in [-0.1, -0.05) is 31.7 Å². The molecular formula is C16H18O3S. The molecule has 3 nitrogen and oxygen atoms in total. The van der Waals surface area contributed by atoms with Gasteiger partial charge in [0, 0.05) is 0 Å². The molecule has 106 valence electrons. The Labute approximate surface area is 119 Å². The van der Waals surface area contributed by atoms with Crippen molar-refractivity contribution < 1.29 is 13.0 Å². The molecule has 1 N–H and O–H groups in total. The molecule has 0 aliphatic heterocycles. The summed E-state index contributed by atoms with van der Waals surface area (Å²) in [7, 11) is -4.27. The van der Waals surface area contributed by atoms with E-state index in [0.29, 0.717) is 12.0 Å². The average Bonchev–Trinajstić information content (AvgIpc) is 2.39. The van der Waals surface area contributed by atoms with Crippen molar-refractivity contribution in [3.63, 3.8) is 0 Å². The molecule has 0 atom stereocenters. The maximum atomic E-state index is 11.6. The number of hydrogen-bond acceptors (Lipinski definition) is 2. The molecule has 0 saturated heterocycles. The van der Waals surface area contributed by atoms with E-state index in [-0.39, 0.29) is 4.90 Å². The van der Waals surface area contributed by atoms with Crippen LogP contribution in [0.2, 0.25) is 0 Å². The molecule has 0 bridgehead atoms. The lowest BCUT2D eigenvalue weighted by Crippen LogP contribution is -2.05. The van der Waals surface area contributed by atoms with E-state index in [0.717, 1.165) is 27.5 Å². The Morgan fingerprint density at radius 1 is 1.25 bits per heavy atom. The van der Waals surface area contributed by atoms with Gasteiger partial charge in [-0.15, -0.1) is 0 Å². The van der Waals surface area contributed by atoms with Crippen molar-refractivity contribution >= 4 is 27.0 Å². The van der Waals surface area contributed by atoms with Crippen LogP contribution in [0, 0.1) is 13.8 Å². The first kappa shape index (κ1) is 14.8. The number of hydrogen-bond donors (Lipinski definition) is 1. The summed E-state index contributed by atoms with van der Waals surface area (Å²) in [6, 6.07) is 5.57. The highest BCUT2D eigenvalue weighted by Gasteiger charge is 2.19. The molecule has 0 heterocycles. The maximum Gasteiger partial charge on any atom is 0.295 e. The van der Waals surface area contributed by atoms with Crippen LogP contribution >= 0.6 is 0 Å². The van der Waals surface area contributed by atoms with Crippen molar-refractivity contribution in [3.8, 4) is 0 Å². The van der Waals surface area contributed by atoms with Gasteiger partial charge in [-0.2, -0.15) is 8.42 Å². The zero-order valence-electron chi connectivity index (χ0n) is 11.9. The van der Waals surface area contributed by atoms with Gasteiger partial charge in [-0.3, -0.25) is 4.55 Å². The molecule has 0 aliphatic carbocycles. The van der Waals surface area contributed by atoms with Crippen LogP contribution in [-0.2, 0) is 16.5 Å². The topological polar surface area (TPSA) is 54.4 Å². The van der Waals surface area contributed by atoms with Crippen LogP contribution in [0.25, 0.3) is 16.8 Å². The van der Waals surface area contributed by atoms with Gasteiger partial charge in [0.15, 0.2) is 0 Å². The smallest absolute Gasteiger partial charge is 0.282 e. The zero-order chi connectivity index (χ0) is 15.1. The van der Waals surface area contributed by atoms with Crippen molar-refractivity contribution in [1.29, 1.82) is 0 Å². The molecular weight excluding hydrogens is 272 g/mol. The van der Waals surface area contributed by atoms with Gasteiger partial charge in [0.05, 0.1) is 0 Å². The van der Waals surface area contributed by atoms with Gasteiger partial charge in [-0.05, 0) is 59.4 Å². The molecule has 2 rings (SSSR count). The molecule has 0 unspecified atom stereocenters. The van der Waals surface area contributed by atoms with E-state index in [2.05, 4.69) is 6.58 Å². The monoisotopic (exact) mass is 290 g/mol. The third-order valence-corrected chi connectivity index (χ3v) is 4.71. The van der Waals surface area contributed by atoms with E-state index in [1.165, 1.54) is 6.08 Å². The minimum absolute atomic E-state index is 0.0643. The molecule has 0 aromatic heterocycles. The fraction of sp³-hybridized carbons (Fsp3) is 0.250. The van der Waals surface area contributed by atoms with Gasteiger partial charge in [-0.25, -0.2) is 0 Å². The highest BCUT2D eigenvalue weighted by atomic mass is 32.2. The SMILES string of the molecule is C=Cc1c(S(=O)(=O)O)cc2c(C)c(C)ccc2c1CC. The molecule has 20 heavy (non-hydrogen) atoms. The highest BCUT2D eigenvalue weighted by Crippen LogP contribution is 2.33. The van der Waals surface area contributed by atoms with Crippen LogP contribution in [0.5, 0.6) is 0 Å². The Bertz CT molecular complexity index is 802. The standard InChI is InChI=1S/C16H18O3S/c1-5-12-13(6-2)16(20(17,18)19)9-15-11(4)10(3)7-8-14(12)15/h6-9H,2,5H2,1,3-4H3,(H,17,18,19). The van der Waals surface area contributed by atoms with Crippen LogP contribution in [0.1, 0.15) is 29.2 Å². The summed E-state index contributed by atoms with van der Waals surface area (Å²) in [5, 5.41) is 1.87. The van der Waals surface area contributed by atoms with Crippen molar-refractivity contribution in [2.24, 2.45) is 0 Å². The number of fused-ring (bicyclic) bond motifs is 1. The fourth-order valence-corrected chi connectivity index (χ4v) is 3.36. The lowest BCUT2D eigenvalue weighted by Gasteiger charge is -2.15. The second-order valence-corrected chi connectivity index (χ2v) is 6.29. The number of rotatable bonds is 3. The molecule has 2 aromatic carbocycles. The number of benzene rings is 2. The summed E-state index contributed by atoms with van der Waals surface area (Å²) < 4.78 is 32.7. The molecule has 2 aromatic rings. The second kappa shape index (κ2) is 5.04. The van der Waals surface area contributed by atoms with E-state index in [1.54, 1.807) is 6.07 Å². The van der Waals surface area contributed by atoms with E-state index in [1.807, 2.05) is 32.9 Å². The van der Waals surface area contributed by atoms with Crippen LogP contribution < -0.4 is 0 Å². The Hall–Kier alpha value is -1.65. The quantitative estimate of drug-likeness (QED) is 0.872. The predicted octanol–water partition coefficient (Wildman–Crippen LogP) is 3.91. The normalized spacial score (nSPS) is 11.8. The Balaban J connectivity index is 3.10. The predicted molar refractivity (Wildman–Crippen MR) is 82.7 cm³/mol.